The highest BCUT2D eigenvalue weighted by atomic mass is 16.2. The maximum absolute atomic E-state index is 12.9. The molecule has 0 saturated carbocycles. The van der Waals surface area contributed by atoms with Gasteiger partial charge in [0.2, 0.25) is 0 Å². The second-order valence-corrected chi connectivity index (χ2v) is 5.62. The Kier molecular flexibility index (Phi) is 4.15. The summed E-state index contributed by atoms with van der Waals surface area (Å²) in [4.78, 5) is 19.2. The first kappa shape index (κ1) is 14.0. The number of fused-ring (bicyclic) bond motifs is 1. The summed E-state index contributed by atoms with van der Waals surface area (Å²) < 4.78 is 0. The van der Waals surface area contributed by atoms with E-state index in [2.05, 4.69) is 4.98 Å². The second-order valence-electron chi connectivity index (χ2n) is 5.62. The van der Waals surface area contributed by atoms with E-state index in [4.69, 9.17) is 5.73 Å². The van der Waals surface area contributed by atoms with E-state index in [1.807, 2.05) is 35.2 Å². The number of carbonyl (C=O) groups excluding carboxylic acids is 1. The molecule has 1 amide bonds. The summed E-state index contributed by atoms with van der Waals surface area (Å²) in [7, 11) is 0. The van der Waals surface area contributed by atoms with E-state index in [1.165, 1.54) is 6.42 Å². The lowest BCUT2D eigenvalue weighted by molar-refractivity contribution is 0.0685. The Morgan fingerprint density at radius 1 is 1.24 bits per heavy atom. The van der Waals surface area contributed by atoms with E-state index >= 15 is 0 Å². The van der Waals surface area contributed by atoms with E-state index in [0.717, 1.165) is 36.6 Å². The van der Waals surface area contributed by atoms with Crippen molar-refractivity contribution in [1.29, 1.82) is 0 Å². The third kappa shape index (κ3) is 2.76. The number of benzene rings is 1. The number of nitrogens with zero attached hydrogens (tertiary/aromatic N) is 2. The van der Waals surface area contributed by atoms with Crippen molar-refractivity contribution in [3.05, 3.63) is 42.2 Å². The minimum atomic E-state index is 0.0177. The molecular weight excluding hydrogens is 262 g/mol. The minimum Gasteiger partial charge on any atom is -0.333 e. The van der Waals surface area contributed by atoms with Crippen LogP contribution in [0, 0.1) is 0 Å². The SMILES string of the molecule is NCC1CCCCCN1C(=O)c1nccc2ccccc12. The molecule has 4 nitrogen and oxygen atoms in total. The first-order chi connectivity index (χ1) is 10.3. The van der Waals surface area contributed by atoms with Crippen LogP contribution in [0.3, 0.4) is 0 Å². The van der Waals surface area contributed by atoms with E-state index in [-0.39, 0.29) is 11.9 Å². The lowest BCUT2D eigenvalue weighted by Crippen LogP contribution is -2.44. The monoisotopic (exact) mass is 283 g/mol. The molecule has 4 heteroatoms. The van der Waals surface area contributed by atoms with Crippen LogP contribution in [0.15, 0.2) is 36.5 Å². The number of likely N-dealkylation sites (tertiary alicyclic amines) is 1. The number of hydrogen-bond donors (Lipinski definition) is 1. The van der Waals surface area contributed by atoms with Crippen molar-refractivity contribution >= 4 is 16.7 Å². The second kappa shape index (κ2) is 6.22. The van der Waals surface area contributed by atoms with Crippen molar-refractivity contribution in [2.45, 2.75) is 31.7 Å². The zero-order valence-corrected chi connectivity index (χ0v) is 12.2. The number of amides is 1. The molecule has 3 rings (SSSR count). The summed E-state index contributed by atoms with van der Waals surface area (Å²) in [5, 5.41) is 1.97. The number of nitrogens with two attached hydrogens (primary N) is 1. The van der Waals surface area contributed by atoms with Crippen LogP contribution in [0.2, 0.25) is 0 Å². The molecular formula is C17H21N3O. The van der Waals surface area contributed by atoms with E-state index in [9.17, 15) is 4.79 Å². The molecule has 0 bridgehead atoms. The Bertz CT molecular complexity index is 635. The van der Waals surface area contributed by atoms with Crippen molar-refractivity contribution in [2.24, 2.45) is 5.73 Å². The van der Waals surface area contributed by atoms with Gasteiger partial charge in [-0.15, -0.1) is 0 Å². The van der Waals surface area contributed by atoms with Crippen LogP contribution in [0.4, 0.5) is 0 Å². The average molecular weight is 283 g/mol. The zero-order chi connectivity index (χ0) is 14.7. The maximum atomic E-state index is 12.9. The lowest BCUT2D eigenvalue weighted by atomic mass is 10.1. The van der Waals surface area contributed by atoms with Gasteiger partial charge in [-0.2, -0.15) is 0 Å². The fraction of sp³-hybridized carbons (Fsp3) is 0.412. The Morgan fingerprint density at radius 2 is 2.10 bits per heavy atom. The Hall–Kier alpha value is -1.94. The summed E-state index contributed by atoms with van der Waals surface area (Å²) in [6.07, 6.45) is 6.07. The van der Waals surface area contributed by atoms with Gasteiger partial charge in [0.25, 0.3) is 5.91 Å². The molecule has 0 aliphatic carbocycles. The highest BCUT2D eigenvalue weighted by Crippen LogP contribution is 2.22. The van der Waals surface area contributed by atoms with Gasteiger partial charge < -0.3 is 10.6 Å². The number of pyridine rings is 1. The fourth-order valence-corrected chi connectivity index (χ4v) is 3.12. The van der Waals surface area contributed by atoms with Crippen LogP contribution in [0.25, 0.3) is 10.8 Å². The van der Waals surface area contributed by atoms with E-state index in [1.54, 1.807) is 6.20 Å². The number of carbonyl (C=O) groups is 1. The van der Waals surface area contributed by atoms with Gasteiger partial charge in [0.05, 0.1) is 0 Å². The topological polar surface area (TPSA) is 59.2 Å². The van der Waals surface area contributed by atoms with Gasteiger partial charge in [-0.05, 0) is 24.3 Å². The molecule has 2 N–H and O–H groups in total. The van der Waals surface area contributed by atoms with Crippen molar-refractivity contribution in [3.63, 3.8) is 0 Å². The smallest absolute Gasteiger partial charge is 0.273 e. The molecule has 110 valence electrons. The molecule has 1 atom stereocenters. The van der Waals surface area contributed by atoms with Gasteiger partial charge in [0.1, 0.15) is 5.69 Å². The number of aromatic nitrogens is 1. The molecule has 1 aromatic carbocycles. The fourth-order valence-electron chi connectivity index (χ4n) is 3.12. The van der Waals surface area contributed by atoms with Gasteiger partial charge >= 0.3 is 0 Å². The quantitative estimate of drug-likeness (QED) is 0.921. The van der Waals surface area contributed by atoms with Crippen molar-refractivity contribution in [3.8, 4) is 0 Å². The van der Waals surface area contributed by atoms with Gasteiger partial charge in [-0.25, -0.2) is 0 Å². The lowest BCUT2D eigenvalue weighted by Gasteiger charge is -2.29. The molecule has 1 aromatic heterocycles. The standard InChI is InChI=1S/C17H21N3O/c18-12-14-7-2-1-5-11-20(14)17(21)16-15-8-4-3-6-13(15)9-10-19-16/h3-4,6,8-10,14H,1-2,5,7,11-12,18H2. The third-order valence-electron chi connectivity index (χ3n) is 4.29. The van der Waals surface area contributed by atoms with Crippen LogP contribution in [-0.2, 0) is 0 Å². The first-order valence-corrected chi connectivity index (χ1v) is 7.66. The average Bonchev–Trinajstić information content (AvgIpc) is 2.79. The molecule has 21 heavy (non-hydrogen) atoms. The summed E-state index contributed by atoms with van der Waals surface area (Å²) in [5.41, 5.74) is 6.43. The van der Waals surface area contributed by atoms with Gasteiger partial charge in [0, 0.05) is 30.7 Å². The highest BCUT2D eigenvalue weighted by molar-refractivity contribution is 6.05. The first-order valence-electron chi connectivity index (χ1n) is 7.66. The summed E-state index contributed by atoms with van der Waals surface area (Å²) in [5.74, 6) is 0.0177. The van der Waals surface area contributed by atoms with Crippen LogP contribution in [-0.4, -0.2) is 34.9 Å². The molecule has 1 aliphatic rings. The van der Waals surface area contributed by atoms with E-state index in [0.29, 0.717) is 12.2 Å². The Morgan fingerprint density at radius 3 is 2.95 bits per heavy atom. The maximum Gasteiger partial charge on any atom is 0.273 e. The normalized spacial score (nSPS) is 19.5. The van der Waals surface area contributed by atoms with Gasteiger partial charge in [-0.3, -0.25) is 9.78 Å². The summed E-state index contributed by atoms with van der Waals surface area (Å²) in [6, 6.07) is 9.98. The Labute approximate surface area is 125 Å². The molecule has 1 fully saturated rings. The van der Waals surface area contributed by atoms with Crippen molar-refractivity contribution in [1.82, 2.24) is 9.88 Å². The van der Waals surface area contributed by atoms with Crippen LogP contribution < -0.4 is 5.73 Å². The van der Waals surface area contributed by atoms with Crippen LogP contribution in [0.1, 0.15) is 36.2 Å². The van der Waals surface area contributed by atoms with Crippen molar-refractivity contribution < 1.29 is 4.79 Å². The van der Waals surface area contributed by atoms with Gasteiger partial charge in [-0.1, -0.05) is 37.1 Å². The zero-order valence-electron chi connectivity index (χ0n) is 12.2. The molecule has 1 unspecified atom stereocenters. The molecule has 1 aliphatic heterocycles. The summed E-state index contributed by atoms with van der Waals surface area (Å²) in [6.45, 7) is 1.31. The number of rotatable bonds is 2. The minimum absolute atomic E-state index is 0.0177. The summed E-state index contributed by atoms with van der Waals surface area (Å²) >= 11 is 0. The van der Waals surface area contributed by atoms with Crippen LogP contribution >= 0.6 is 0 Å². The van der Waals surface area contributed by atoms with Gasteiger partial charge in [0.15, 0.2) is 0 Å². The van der Waals surface area contributed by atoms with Crippen molar-refractivity contribution in [2.75, 3.05) is 13.1 Å². The van der Waals surface area contributed by atoms with Crippen LogP contribution in [0.5, 0.6) is 0 Å². The third-order valence-corrected chi connectivity index (χ3v) is 4.29. The Balaban J connectivity index is 1.99. The molecule has 2 heterocycles. The molecule has 2 aromatic rings. The molecule has 0 radical (unpaired) electrons. The highest BCUT2D eigenvalue weighted by Gasteiger charge is 2.26. The predicted octanol–water partition coefficient (Wildman–Crippen LogP) is 2.58. The number of hydrogen-bond acceptors (Lipinski definition) is 3. The molecule has 1 saturated heterocycles. The predicted molar refractivity (Wildman–Crippen MR) is 84.1 cm³/mol. The molecule has 0 spiro atoms. The largest absolute Gasteiger partial charge is 0.333 e. The van der Waals surface area contributed by atoms with E-state index < -0.39 is 0 Å².